The number of aryl methyl sites for hydroxylation is 1. The smallest absolute Gasteiger partial charge is 0.340 e. The predicted octanol–water partition coefficient (Wildman–Crippen LogP) is 3.47. The second-order valence-corrected chi connectivity index (χ2v) is 6.55. The molecule has 0 amide bonds. The van der Waals surface area contributed by atoms with E-state index < -0.39 is 10.1 Å². The summed E-state index contributed by atoms with van der Waals surface area (Å²) in [5.41, 5.74) is 0.685. The topological polar surface area (TPSA) is 82.3 Å². The van der Waals surface area contributed by atoms with E-state index in [2.05, 4.69) is 10.1 Å². The summed E-state index contributed by atoms with van der Waals surface area (Å²) < 4.78 is 34.5. The first-order valence-corrected chi connectivity index (χ1v) is 8.34. The van der Waals surface area contributed by atoms with E-state index in [4.69, 9.17) is 20.3 Å². The first-order chi connectivity index (χ1) is 11.0. The lowest BCUT2D eigenvalue weighted by Crippen LogP contribution is -2.10. The van der Waals surface area contributed by atoms with Crippen LogP contribution in [0.25, 0.3) is 11.4 Å². The number of benzene rings is 2. The van der Waals surface area contributed by atoms with Gasteiger partial charge in [-0.2, -0.15) is 13.4 Å². The maximum Gasteiger partial charge on any atom is 0.340 e. The highest BCUT2D eigenvalue weighted by Gasteiger charge is 2.20. The van der Waals surface area contributed by atoms with Crippen LogP contribution in [0.5, 0.6) is 5.75 Å². The molecule has 0 spiro atoms. The van der Waals surface area contributed by atoms with E-state index in [1.54, 1.807) is 31.2 Å². The third-order valence-electron chi connectivity index (χ3n) is 2.95. The van der Waals surface area contributed by atoms with Gasteiger partial charge in [-0.25, -0.2) is 0 Å². The van der Waals surface area contributed by atoms with Crippen molar-refractivity contribution in [3.05, 3.63) is 59.4 Å². The van der Waals surface area contributed by atoms with Gasteiger partial charge >= 0.3 is 10.1 Å². The van der Waals surface area contributed by atoms with Crippen molar-refractivity contribution in [3.8, 4) is 17.1 Å². The van der Waals surface area contributed by atoms with Crippen LogP contribution in [-0.2, 0) is 10.1 Å². The van der Waals surface area contributed by atoms with E-state index in [1.807, 2.05) is 0 Å². The Labute approximate surface area is 137 Å². The average Bonchev–Trinajstić information content (AvgIpc) is 2.94. The Balaban J connectivity index is 1.85. The third kappa shape index (κ3) is 3.35. The Morgan fingerprint density at radius 2 is 1.78 bits per heavy atom. The van der Waals surface area contributed by atoms with Gasteiger partial charge in [-0.1, -0.05) is 28.9 Å². The summed E-state index contributed by atoms with van der Waals surface area (Å²) in [6.45, 7) is 1.68. The quantitative estimate of drug-likeness (QED) is 0.670. The molecule has 6 nitrogen and oxygen atoms in total. The molecular formula is C15H11ClN2O4S. The number of rotatable bonds is 4. The second-order valence-electron chi connectivity index (χ2n) is 4.63. The molecule has 8 heteroatoms. The van der Waals surface area contributed by atoms with Gasteiger partial charge in [-0.3, -0.25) is 0 Å². The van der Waals surface area contributed by atoms with Gasteiger partial charge < -0.3 is 8.71 Å². The summed E-state index contributed by atoms with van der Waals surface area (Å²) in [6, 6.07) is 12.4. The molecule has 0 N–H and O–H groups in total. The van der Waals surface area contributed by atoms with Crippen LogP contribution in [0.1, 0.15) is 5.89 Å². The van der Waals surface area contributed by atoms with Crippen molar-refractivity contribution in [2.24, 2.45) is 0 Å². The van der Waals surface area contributed by atoms with E-state index >= 15 is 0 Å². The minimum Gasteiger partial charge on any atom is -0.379 e. The van der Waals surface area contributed by atoms with Gasteiger partial charge in [0, 0.05) is 12.5 Å². The van der Waals surface area contributed by atoms with Gasteiger partial charge in [0.15, 0.2) is 0 Å². The molecule has 0 saturated carbocycles. The van der Waals surface area contributed by atoms with Crippen molar-refractivity contribution >= 4 is 21.7 Å². The van der Waals surface area contributed by atoms with Crippen molar-refractivity contribution < 1.29 is 17.1 Å². The molecule has 118 valence electrons. The largest absolute Gasteiger partial charge is 0.379 e. The van der Waals surface area contributed by atoms with Gasteiger partial charge in [-0.05, 0) is 36.4 Å². The van der Waals surface area contributed by atoms with Crippen molar-refractivity contribution in [3.63, 3.8) is 0 Å². The SMILES string of the molecule is Cc1nc(-c2ccc(OS(=O)(=O)c3ccccc3Cl)cc2)no1. The average molecular weight is 351 g/mol. The summed E-state index contributed by atoms with van der Waals surface area (Å²) in [5, 5.41) is 3.89. The Bertz CT molecular complexity index is 936. The highest BCUT2D eigenvalue weighted by Crippen LogP contribution is 2.26. The summed E-state index contributed by atoms with van der Waals surface area (Å²) >= 11 is 5.90. The van der Waals surface area contributed by atoms with Crippen molar-refractivity contribution in [2.45, 2.75) is 11.8 Å². The van der Waals surface area contributed by atoms with E-state index in [0.717, 1.165) is 0 Å². The van der Waals surface area contributed by atoms with E-state index in [-0.39, 0.29) is 15.7 Å². The standard InChI is InChI=1S/C15H11ClN2O4S/c1-10-17-15(18-21-10)11-6-8-12(9-7-11)22-23(19,20)14-5-3-2-4-13(14)16/h2-9H,1H3. The van der Waals surface area contributed by atoms with E-state index in [1.165, 1.54) is 24.3 Å². The fourth-order valence-electron chi connectivity index (χ4n) is 1.90. The summed E-state index contributed by atoms with van der Waals surface area (Å²) in [5.74, 6) is 1.03. The fraction of sp³-hybridized carbons (Fsp3) is 0.0667. The number of nitrogens with zero attached hydrogens (tertiary/aromatic N) is 2. The minimum absolute atomic E-state index is 0.0838. The van der Waals surface area contributed by atoms with Crippen molar-refractivity contribution in [2.75, 3.05) is 0 Å². The molecule has 0 bridgehead atoms. The molecule has 0 aliphatic heterocycles. The van der Waals surface area contributed by atoms with Gasteiger partial charge in [0.25, 0.3) is 0 Å². The molecular weight excluding hydrogens is 340 g/mol. The molecule has 0 atom stereocenters. The summed E-state index contributed by atoms with van der Waals surface area (Å²) in [7, 11) is -4.00. The Kier molecular flexibility index (Phi) is 4.06. The normalized spacial score (nSPS) is 11.4. The molecule has 0 aliphatic carbocycles. The molecule has 0 saturated heterocycles. The highest BCUT2D eigenvalue weighted by atomic mass is 35.5. The van der Waals surface area contributed by atoms with Gasteiger partial charge in [0.1, 0.15) is 10.6 Å². The molecule has 1 heterocycles. The Hall–Kier alpha value is -2.38. The zero-order chi connectivity index (χ0) is 16.4. The molecule has 0 radical (unpaired) electrons. The number of halogens is 1. The molecule has 3 rings (SSSR count). The first-order valence-electron chi connectivity index (χ1n) is 6.55. The van der Waals surface area contributed by atoms with E-state index in [0.29, 0.717) is 17.3 Å². The number of hydrogen-bond donors (Lipinski definition) is 0. The molecule has 0 fully saturated rings. The fourth-order valence-corrected chi connectivity index (χ4v) is 3.32. The van der Waals surface area contributed by atoms with Gasteiger partial charge in [0.05, 0.1) is 5.02 Å². The van der Waals surface area contributed by atoms with Gasteiger partial charge in [-0.15, -0.1) is 0 Å². The molecule has 3 aromatic rings. The first kappa shape index (κ1) is 15.5. The Morgan fingerprint density at radius 1 is 1.09 bits per heavy atom. The van der Waals surface area contributed by atoms with Crippen molar-refractivity contribution in [1.82, 2.24) is 10.1 Å². The highest BCUT2D eigenvalue weighted by molar-refractivity contribution is 7.87. The molecule has 0 aliphatic rings. The zero-order valence-electron chi connectivity index (χ0n) is 11.9. The summed E-state index contributed by atoms with van der Waals surface area (Å²) in [6.07, 6.45) is 0. The lowest BCUT2D eigenvalue weighted by Gasteiger charge is -2.08. The maximum absolute atomic E-state index is 12.2. The van der Waals surface area contributed by atoms with Crippen LogP contribution in [0, 0.1) is 6.92 Å². The van der Waals surface area contributed by atoms with Crippen LogP contribution in [-0.4, -0.2) is 18.6 Å². The van der Waals surface area contributed by atoms with Crippen LogP contribution in [0.3, 0.4) is 0 Å². The lowest BCUT2D eigenvalue weighted by atomic mass is 10.2. The lowest BCUT2D eigenvalue weighted by molar-refractivity contribution is 0.394. The minimum atomic E-state index is -4.00. The summed E-state index contributed by atoms with van der Waals surface area (Å²) in [4.78, 5) is 4.01. The monoisotopic (exact) mass is 350 g/mol. The number of hydrogen-bond acceptors (Lipinski definition) is 6. The molecule has 2 aromatic carbocycles. The van der Waals surface area contributed by atoms with E-state index in [9.17, 15) is 8.42 Å². The van der Waals surface area contributed by atoms with Crippen LogP contribution in [0.2, 0.25) is 5.02 Å². The second kappa shape index (κ2) is 6.02. The molecule has 0 unspecified atom stereocenters. The predicted molar refractivity (Wildman–Crippen MR) is 83.7 cm³/mol. The Morgan fingerprint density at radius 3 is 2.39 bits per heavy atom. The van der Waals surface area contributed by atoms with Gasteiger partial charge in [0.2, 0.25) is 11.7 Å². The number of aromatic nitrogens is 2. The maximum atomic E-state index is 12.2. The van der Waals surface area contributed by atoms with Crippen LogP contribution in [0.15, 0.2) is 57.9 Å². The van der Waals surface area contributed by atoms with Crippen LogP contribution >= 0.6 is 11.6 Å². The molecule has 23 heavy (non-hydrogen) atoms. The third-order valence-corrected chi connectivity index (χ3v) is 4.70. The van der Waals surface area contributed by atoms with Crippen LogP contribution in [0.4, 0.5) is 0 Å². The zero-order valence-corrected chi connectivity index (χ0v) is 13.5. The van der Waals surface area contributed by atoms with Crippen LogP contribution < -0.4 is 4.18 Å². The van der Waals surface area contributed by atoms with Crippen molar-refractivity contribution in [1.29, 1.82) is 0 Å². The molecule has 1 aromatic heterocycles.